The van der Waals surface area contributed by atoms with E-state index in [2.05, 4.69) is 16.7 Å². The minimum atomic E-state index is 0.417. The lowest BCUT2D eigenvalue weighted by Crippen LogP contribution is -2.51. The second-order valence-corrected chi connectivity index (χ2v) is 3.68. The number of anilines is 1. The number of halogens is 1. The van der Waals surface area contributed by atoms with E-state index in [1.165, 1.54) is 0 Å². The fourth-order valence-electron chi connectivity index (χ4n) is 1.37. The van der Waals surface area contributed by atoms with Crippen LogP contribution in [0.15, 0.2) is 18.2 Å². The average molecular weight is 208 g/mol. The summed E-state index contributed by atoms with van der Waals surface area (Å²) in [6.45, 7) is 1.88. The van der Waals surface area contributed by atoms with E-state index in [4.69, 9.17) is 16.9 Å². The number of nitrogens with one attached hydrogen (secondary N) is 2. The van der Waals surface area contributed by atoms with Crippen LogP contribution in [0.25, 0.3) is 0 Å². The van der Waals surface area contributed by atoms with Crippen molar-refractivity contribution in [2.75, 3.05) is 18.4 Å². The first kappa shape index (κ1) is 9.32. The number of nitriles is 1. The summed E-state index contributed by atoms with van der Waals surface area (Å²) in [7, 11) is 0. The van der Waals surface area contributed by atoms with Gasteiger partial charge in [-0.15, -0.1) is 0 Å². The van der Waals surface area contributed by atoms with E-state index in [1.807, 2.05) is 12.1 Å². The molecule has 2 rings (SSSR count). The van der Waals surface area contributed by atoms with Crippen molar-refractivity contribution in [3.05, 3.63) is 28.8 Å². The SMILES string of the molecule is N#Cc1c(Cl)cccc1NC1CNC1. The highest BCUT2D eigenvalue weighted by molar-refractivity contribution is 6.32. The summed E-state index contributed by atoms with van der Waals surface area (Å²) in [5, 5.41) is 15.8. The molecule has 1 saturated heterocycles. The first-order valence-electron chi connectivity index (χ1n) is 4.47. The van der Waals surface area contributed by atoms with Gasteiger partial charge in [-0.1, -0.05) is 17.7 Å². The Bertz CT molecular complexity index is 379. The van der Waals surface area contributed by atoms with Crippen LogP contribution in [0.4, 0.5) is 5.69 Å². The molecule has 1 aromatic carbocycles. The van der Waals surface area contributed by atoms with Crippen molar-refractivity contribution in [2.24, 2.45) is 0 Å². The number of hydrogen-bond donors (Lipinski definition) is 2. The van der Waals surface area contributed by atoms with Gasteiger partial charge >= 0.3 is 0 Å². The van der Waals surface area contributed by atoms with Crippen LogP contribution in [0.3, 0.4) is 0 Å². The molecule has 0 spiro atoms. The Morgan fingerprint density at radius 1 is 1.50 bits per heavy atom. The lowest BCUT2D eigenvalue weighted by Gasteiger charge is -2.29. The standard InChI is InChI=1S/C10H10ClN3/c11-9-2-1-3-10(8(9)4-12)14-7-5-13-6-7/h1-3,7,13-14H,5-6H2. The molecule has 0 atom stereocenters. The quantitative estimate of drug-likeness (QED) is 0.775. The van der Waals surface area contributed by atoms with Gasteiger partial charge < -0.3 is 10.6 Å². The molecule has 72 valence electrons. The molecule has 0 aliphatic carbocycles. The minimum absolute atomic E-state index is 0.417. The third kappa shape index (κ3) is 1.67. The summed E-state index contributed by atoms with van der Waals surface area (Å²) < 4.78 is 0. The average Bonchev–Trinajstić information content (AvgIpc) is 2.11. The van der Waals surface area contributed by atoms with Crippen LogP contribution in [0.5, 0.6) is 0 Å². The maximum atomic E-state index is 8.91. The second-order valence-electron chi connectivity index (χ2n) is 3.27. The third-order valence-electron chi connectivity index (χ3n) is 2.27. The zero-order chi connectivity index (χ0) is 9.97. The summed E-state index contributed by atoms with van der Waals surface area (Å²) in [6, 6.07) is 7.97. The molecular formula is C10H10ClN3. The second kappa shape index (κ2) is 3.87. The number of hydrogen-bond acceptors (Lipinski definition) is 3. The van der Waals surface area contributed by atoms with Crippen molar-refractivity contribution in [3.8, 4) is 6.07 Å². The van der Waals surface area contributed by atoms with Gasteiger partial charge in [0, 0.05) is 13.1 Å². The van der Waals surface area contributed by atoms with Gasteiger partial charge in [-0.2, -0.15) is 5.26 Å². The molecule has 1 fully saturated rings. The fourth-order valence-corrected chi connectivity index (χ4v) is 1.59. The molecule has 0 radical (unpaired) electrons. The van der Waals surface area contributed by atoms with E-state index in [9.17, 15) is 0 Å². The predicted octanol–water partition coefficient (Wildman–Crippen LogP) is 1.60. The van der Waals surface area contributed by atoms with Gasteiger partial charge in [0.25, 0.3) is 0 Å². The molecule has 0 unspecified atom stereocenters. The van der Waals surface area contributed by atoms with Crippen molar-refractivity contribution < 1.29 is 0 Å². The van der Waals surface area contributed by atoms with Crippen molar-refractivity contribution in [2.45, 2.75) is 6.04 Å². The molecule has 3 nitrogen and oxygen atoms in total. The van der Waals surface area contributed by atoms with Crippen molar-refractivity contribution >= 4 is 17.3 Å². The molecule has 14 heavy (non-hydrogen) atoms. The van der Waals surface area contributed by atoms with E-state index in [1.54, 1.807) is 6.07 Å². The molecule has 1 aromatic rings. The van der Waals surface area contributed by atoms with Crippen LogP contribution in [-0.2, 0) is 0 Å². The molecule has 1 aliphatic rings. The predicted molar refractivity (Wildman–Crippen MR) is 56.4 cm³/mol. The maximum absolute atomic E-state index is 8.91. The number of rotatable bonds is 2. The monoisotopic (exact) mass is 207 g/mol. The highest BCUT2D eigenvalue weighted by Crippen LogP contribution is 2.24. The normalized spacial score (nSPS) is 15.7. The van der Waals surface area contributed by atoms with Crippen LogP contribution in [0, 0.1) is 11.3 Å². The summed E-state index contributed by atoms with van der Waals surface area (Å²) in [5.74, 6) is 0. The number of nitrogens with zero attached hydrogens (tertiary/aromatic N) is 1. The van der Waals surface area contributed by atoms with Crippen LogP contribution in [0.2, 0.25) is 5.02 Å². The largest absolute Gasteiger partial charge is 0.379 e. The van der Waals surface area contributed by atoms with E-state index in [0.717, 1.165) is 18.8 Å². The molecule has 1 aliphatic heterocycles. The van der Waals surface area contributed by atoms with E-state index >= 15 is 0 Å². The fraction of sp³-hybridized carbons (Fsp3) is 0.300. The lowest BCUT2D eigenvalue weighted by molar-refractivity contribution is 0.472. The molecule has 2 N–H and O–H groups in total. The van der Waals surface area contributed by atoms with Crippen LogP contribution < -0.4 is 10.6 Å². The Kier molecular flexibility index (Phi) is 2.58. The summed E-state index contributed by atoms with van der Waals surface area (Å²) in [4.78, 5) is 0. The lowest BCUT2D eigenvalue weighted by atomic mass is 10.1. The summed E-state index contributed by atoms with van der Waals surface area (Å²) in [6.07, 6.45) is 0. The van der Waals surface area contributed by atoms with Gasteiger partial charge in [0.2, 0.25) is 0 Å². The van der Waals surface area contributed by atoms with Gasteiger partial charge in [0.15, 0.2) is 0 Å². The van der Waals surface area contributed by atoms with E-state index in [-0.39, 0.29) is 0 Å². The van der Waals surface area contributed by atoms with Gasteiger partial charge in [-0.3, -0.25) is 0 Å². The van der Waals surface area contributed by atoms with Crippen LogP contribution >= 0.6 is 11.6 Å². The van der Waals surface area contributed by atoms with Crippen molar-refractivity contribution in [1.29, 1.82) is 5.26 Å². The third-order valence-corrected chi connectivity index (χ3v) is 2.58. The first-order chi connectivity index (χ1) is 6.81. The van der Waals surface area contributed by atoms with Crippen LogP contribution in [0.1, 0.15) is 5.56 Å². The minimum Gasteiger partial charge on any atom is -0.379 e. The van der Waals surface area contributed by atoms with Gasteiger partial charge in [-0.05, 0) is 12.1 Å². The van der Waals surface area contributed by atoms with Gasteiger partial charge in [0.05, 0.1) is 22.3 Å². The maximum Gasteiger partial charge on any atom is 0.103 e. The molecule has 0 saturated carbocycles. The molecule has 0 amide bonds. The van der Waals surface area contributed by atoms with Gasteiger partial charge in [-0.25, -0.2) is 0 Å². The van der Waals surface area contributed by atoms with Gasteiger partial charge in [0.1, 0.15) is 6.07 Å². The molecule has 0 aromatic heterocycles. The smallest absolute Gasteiger partial charge is 0.103 e. The molecule has 1 heterocycles. The highest BCUT2D eigenvalue weighted by atomic mass is 35.5. The zero-order valence-corrected chi connectivity index (χ0v) is 8.30. The Balaban J connectivity index is 2.23. The van der Waals surface area contributed by atoms with Crippen LogP contribution in [-0.4, -0.2) is 19.1 Å². The molecule has 4 heteroatoms. The Labute approximate surface area is 87.7 Å². The van der Waals surface area contributed by atoms with Crippen molar-refractivity contribution in [1.82, 2.24) is 5.32 Å². The van der Waals surface area contributed by atoms with E-state index < -0.39 is 0 Å². The molecule has 0 bridgehead atoms. The topological polar surface area (TPSA) is 47.9 Å². The Hall–Kier alpha value is -1.24. The molecular weight excluding hydrogens is 198 g/mol. The highest BCUT2D eigenvalue weighted by Gasteiger charge is 2.17. The summed E-state index contributed by atoms with van der Waals surface area (Å²) >= 11 is 5.90. The summed E-state index contributed by atoms with van der Waals surface area (Å²) in [5.41, 5.74) is 1.35. The number of benzene rings is 1. The van der Waals surface area contributed by atoms with E-state index in [0.29, 0.717) is 16.6 Å². The Morgan fingerprint density at radius 2 is 2.29 bits per heavy atom. The first-order valence-corrected chi connectivity index (χ1v) is 4.85. The zero-order valence-electron chi connectivity index (χ0n) is 7.55. The Morgan fingerprint density at radius 3 is 2.86 bits per heavy atom. The van der Waals surface area contributed by atoms with Crippen molar-refractivity contribution in [3.63, 3.8) is 0 Å².